The Kier molecular flexibility index (Phi) is 5.86. The lowest BCUT2D eigenvalue weighted by Gasteiger charge is -2.22. The van der Waals surface area contributed by atoms with Crippen molar-refractivity contribution >= 4 is 0 Å². The summed E-state index contributed by atoms with van der Waals surface area (Å²) in [7, 11) is 0. The van der Waals surface area contributed by atoms with Gasteiger partial charge in [-0.1, -0.05) is 31.5 Å². The van der Waals surface area contributed by atoms with Crippen LogP contribution in [0, 0.1) is 12.8 Å². The van der Waals surface area contributed by atoms with Crippen molar-refractivity contribution < 1.29 is 9.84 Å². The van der Waals surface area contributed by atoms with Gasteiger partial charge in [-0.15, -0.1) is 0 Å². The molecule has 0 radical (unpaired) electrons. The van der Waals surface area contributed by atoms with E-state index < -0.39 is 0 Å². The third-order valence-electron chi connectivity index (χ3n) is 4.27. The first-order valence-electron chi connectivity index (χ1n) is 7.82. The average molecular weight is 277 g/mol. The number of hydrogen-bond donors (Lipinski definition) is 2. The molecule has 0 bridgehead atoms. The molecule has 1 aliphatic heterocycles. The van der Waals surface area contributed by atoms with Gasteiger partial charge in [-0.05, 0) is 44.2 Å². The molecule has 1 aromatic carbocycles. The maximum atomic E-state index is 9.10. The molecule has 0 aliphatic carbocycles. The summed E-state index contributed by atoms with van der Waals surface area (Å²) in [6.07, 6.45) is 4.19. The lowest BCUT2D eigenvalue weighted by Crippen LogP contribution is -2.27. The van der Waals surface area contributed by atoms with E-state index in [1.165, 1.54) is 11.1 Å². The van der Waals surface area contributed by atoms with Crippen LogP contribution in [0.4, 0.5) is 0 Å². The Morgan fingerprint density at radius 3 is 3.05 bits per heavy atom. The minimum Gasteiger partial charge on any atom is -0.493 e. The van der Waals surface area contributed by atoms with Crippen LogP contribution in [0.3, 0.4) is 0 Å². The highest BCUT2D eigenvalue weighted by atomic mass is 16.5. The van der Waals surface area contributed by atoms with E-state index in [0.717, 1.165) is 44.6 Å². The van der Waals surface area contributed by atoms with Crippen LogP contribution in [0.25, 0.3) is 0 Å². The molecule has 0 amide bonds. The second-order valence-electron chi connectivity index (χ2n) is 5.73. The molecule has 2 N–H and O–H groups in total. The van der Waals surface area contributed by atoms with Crippen molar-refractivity contribution in [1.29, 1.82) is 0 Å². The number of fused-ring (bicyclic) bond motifs is 1. The van der Waals surface area contributed by atoms with E-state index in [1.807, 2.05) is 0 Å². The maximum absolute atomic E-state index is 9.10. The fourth-order valence-electron chi connectivity index (χ4n) is 2.92. The highest BCUT2D eigenvalue weighted by molar-refractivity contribution is 5.43. The fourth-order valence-corrected chi connectivity index (χ4v) is 2.92. The Hall–Kier alpha value is -1.06. The second kappa shape index (κ2) is 7.65. The molecule has 1 aliphatic rings. The van der Waals surface area contributed by atoms with Gasteiger partial charge in [0.25, 0.3) is 0 Å². The van der Waals surface area contributed by atoms with Crippen molar-refractivity contribution in [2.24, 2.45) is 5.92 Å². The minimum atomic E-state index is 0.281. The Bertz CT molecular complexity index is 419. The molecule has 3 nitrogen and oxygen atoms in total. The lowest BCUT2D eigenvalue weighted by atomic mass is 9.97. The van der Waals surface area contributed by atoms with E-state index in [4.69, 9.17) is 9.84 Å². The average Bonchev–Trinajstić information content (AvgIpc) is 2.67. The van der Waals surface area contributed by atoms with Crippen molar-refractivity contribution in [2.45, 2.75) is 45.6 Å². The Balaban J connectivity index is 2.07. The van der Waals surface area contributed by atoms with Crippen LogP contribution in [-0.2, 0) is 0 Å². The van der Waals surface area contributed by atoms with Gasteiger partial charge in [-0.3, -0.25) is 0 Å². The zero-order chi connectivity index (χ0) is 14.4. The third-order valence-corrected chi connectivity index (χ3v) is 4.27. The van der Waals surface area contributed by atoms with Crippen LogP contribution in [-0.4, -0.2) is 24.9 Å². The van der Waals surface area contributed by atoms with E-state index >= 15 is 0 Å². The third kappa shape index (κ3) is 3.74. The molecule has 2 atom stereocenters. The molecule has 2 rings (SSSR count). The van der Waals surface area contributed by atoms with E-state index in [9.17, 15) is 0 Å². The molecule has 0 spiro atoms. The van der Waals surface area contributed by atoms with Crippen LogP contribution in [0.1, 0.15) is 49.8 Å². The molecule has 0 aromatic heterocycles. The standard InChI is InChI=1S/C17H27NO2/c1-3-14(9-10-19)12-18-16-8-5-11-20-17-13(2)6-4-7-15(16)17/h4,6-7,14,16,18-19H,3,5,8-12H2,1-2H3. The van der Waals surface area contributed by atoms with Crippen LogP contribution in [0.15, 0.2) is 18.2 Å². The number of hydrogen-bond acceptors (Lipinski definition) is 3. The van der Waals surface area contributed by atoms with Gasteiger partial charge < -0.3 is 15.2 Å². The first-order valence-corrected chi connectivity index (χ1v) is 7.82. The Morgan fingerprint density at radius 1 is 1.45 bits per heavy atom. The summed E-state index contributed by atoms with van der Waals surface area (Å²) in [6.45, 7) is 6.36. The van der Waals surface area contributed by atoms with Crippen molar-refractivity contribution in [2.75, 3.05) is 19.8 Å². The summed E-state index contributed by atoms with van der Waals surface area (Å²) < 4.78 is 5.91. The Morgan fingerprint density at radius 2 is 2.30 bits per heavy atom. The van der Waals surface area contributed by atoms with Gasteiger partial charge in [0.15, 0.2) is 0 Å². The van der Waals surface area contributed by atoms with Gasteiger partial charge in [0.1, 0.15) is 5.75 Å². The number of nitrogens with one attached hydrogen (secondary N) is 1. The number of para-hydroxylation sites is 1. The summed E-state index contributed by atoms with van der Waals surface area (Å²) in [5.41, 5.74) is 2.51. The normalized spacial score (nSPS) is 19.9. The predicted molar refractivity (Wildman–Crippen MR) is 82.1 cm³/mol. The number of aryl methyl sites for hydroxylation is 1. The van der Waals surface area contributed by atoms with Crippen molar-refractivity contribution in [3.63, 3.8) is 0 Å². The van der Waals surface area contributed by atoms with Gasteiger partial charge >= 0.3 is 0 Å². The van der Waals surface area contributed by atoms with Gasteiger partial charge in [0, 0.05) is 18.2 Å². The summed E-state index contributed by atoms with van der Waals surface area (Å²) >= 11 is 0. The largest absolute Gasteiger partial charge is 0.493 e. The number of rotatable bonds is 6. The van der Waals surface area contributed by atoms with E-state index in [0.29, 0.717) is 12.0 Å². The van der Waals surface area contributed by atoms with Crippen molar-refractivity contribution in [3.8, 4) is 5.75 Å². The molecule has 3 heteroatoms. The van der Waals surface area contributed by atoms with Gasteiger partial charge in [-0.25, -0.2) is 0 Å². The first kappa shape index (κ1) is 15.3. The number of aliphatic hydroxyl groups excluding tert-OH is 1. The van der Waals surface area contributed by atoms with E-state index in [-0.39, 0.29) is 6.61 Å². The van der Waals surface area contributed by atoms with Gasteiger partial charge in [0.2, 0.25) is 0 Å². The number of aliphatic hydroxyl groups is 1. The fraction of sp³-hybridized carbons (Fsp3) is 0.647. The molecule has 112 valence electrons. The van der Waals surface area contributed by atoms with E-state index in [2.05, 4.69) is 37.4 Å². The van der Waals surface area contributed by atoms with Gasteiger partial charge in [0.05, 0.1) is 6.61 Å². The molecule has 1 heterocycles. The van der Waals surface area contributed by atoms with Crippen molar-refractivity contribution in [1.82, 2.24) is 5.32 Å². The maximum Gasteiger partial charge on any atom is 0.126 e. The molecule has 20 heavy (non-hydrogen) atoms. The molecular weight excluding hydrogens is 250 g/mol. The quantitative estimate of drug-likeness (QED) is 0.839. The lowest BCUT2D eigenvalue weighted by molar-refractivity contribution is 0.247. The van der Waals surface area contributed by atoms with Gasteiger partial charge in [-0.2, -0.15) is 0 Å². The second-order valence-corrected chi connectivity index (χ2v) is 5.73. The number of ether oxygens (including phenoxy) is 1. The summed E-state index contributed by atoms with van der Waals surface area (Å²) in [6, 6.07) is 6.78. The van der Waals surface area contributed by atoms with Crippen molar-refractivity contribution in [3.05, 3.63) is 29.3 Å². The van der Waals surface area contributed by atoms with Crippen LogP contribution in [0.2, 0.25) is 0 Å². The minimum absolute atomic E-state index is 0.281. The molecule has 2 unspecified atom stereocenters. The predicted octanol–water partition coefficient (Wildman–Crippen LogP) is 3.21. The molecule has 0 saturated heterocycles. The summed E-state index contributed by atoms with van der Waals surface area (Å²) in [4.78, 5) is 0. The van der Waals surface area contributed by atoms with E-state index in [1.54, 1.807) is 0 Å². The smallest absolute Gasteiger partial charge is 0.126 e. The van der Waals surface area contributed by atoms with Crippen LogP contribution >= 0.6 is 0 Å². The summed E-state index contributed by atoms with van der Waals surface area (Å²) in [5.74, 6) is 1.62. The SMILES string of the molecule is CCC(CCO)CNC1CCCOc2c(C)cccc21. The molecule has 0 saturated carbocycles. The molecule has 0 fully saturated rings. The topological polar surface area (TPSA) is 41.5 Å². The molecule has 1 aromatic rings. The highest BCUT2D eigenvalue weighted by Gasteiger charge is 2.21. The van der Waals surface area contributed by atoms with Crippen LogP contribution in [0.5, 0.6) is 5.75 Å². The molecular formula is C17H27NO2. The van der Waals surface area contributed by atoms with Crippen LogP contribution < -0.4 is 10.1 Å². The Labute approximate surface area is 122 Å². The number of benzene rings is 1. The monoisotopic (exact) mass is 277 g/mol. The highest BCUT2D eigenvalue weighted by Crippen LogP contribution is 2.34. The zero-order valence-electron chi connectivity index (χ0n) is 12.7. The summed E-state index contributed by atoms with van der Waals surface area (Å²) in [5, 5.41) is 12.8. The zero-order valence-corrected chi connectivity index (χ0v) is 12.7. The first-order chi connectivity index (χ1) is 9.76.